The molecule has 3 rings (SSSR count). The number of aromatic nitrogens is 2. The summed E-state index contributed by atoms with van der Waals surface area (Å²) in [7, 11) is 0. The molecule has 3 aromatic rings. The molecule has 32 heavy (non-hydrogen) atoms. The van der Waals surface area contributed by atoms with Crippen molar-refractivity contribution in [2.45, 2.75) is 32.2 Å². The normalized spacial score (nSPS) is 12.4. The van der Waals surface area contributed by atoms with Crippen LogP contribution in [0.2, 0.25) is 0 Å². The number of hydrogen-bond donors (Lipinski definition) is 3. The van der Waals surface area contributed by atoms with Gasteiger partial charge < -0.3 is 16.4 Å². The van der Waals surface area contributed by atoms with Gasteiger partial charge in [0.2, 0.25) is 5.91 Å². The largest absolute Gasteiger partial charge is 0.435 e. The minimum Gasteiger partial charge on any atom is -0.350 e. The van der Waals surface area contributed by atoms with Gasteiger partial charge in [-0.2, -0.15) is 18.3 Å². The second-order valence-electron chi connectivity index (χ2n) is 6.88. The summed E-state index contributed by atoms with van der Waals surface area (Å²) in [6.07, 6.45) is -4.77. The predicted octanol–water partition coefficient (Wildman–Crippen LogP) is 2.99. The van der Waals surface area contributed by atoms with Gasteiger partial charge in [0.05, 0.1) is 18.3 Å². The number of nitrogens with two attached hydrogens (primary N) is 1. The lowest BCUT2D eigenvalue weighted by Gasteiger charge is -2.08. The fraction of sp³-hybridized carbons (Fsp3) is 0.250. The molecule has 7 nitrogen and oxygen atoms in total. The highest BCUT2D eigenvalue weighted by atomic mass is 32.1. The van der Waals surface area contributed by atoms with Crippen molar-refractivity contribution in [1.29, 1.82) is 0 Å². The summed E-state index contributed by atoms with van der Waals surface area (Å²) < 4.78 is 54.4. The van der Waals surface area contributed by atoms with Crippen LogP contribution in [-0.4, -0.2) is 27.6 Å². The molecule has 1 aromatic carbocycles. The Morgan fingerprint density at radius 2 is 1.91 bits per heavy atom. The molecule has 2 aromatic heterocycles. The van der Waals surface area contributed by atoms with E-state index in [9.17, 15) is 27.2 Å². The molecule has 0 aliphatic carbocycles. The summed E-state index contributed by atoms with van der Waals surface area (Å²) in [6, 6.07) is 7.16. The van der Waals surface area contributed by atoms with Crippen molar-refractivity contribution in [2.24, 2.45) is 5.73 Å². The van der Waals surface area contributed by atoms with Gasteiger partial charge >= 0.3 is 6.18 Å². The molecule has 0 saturated carbocycles. The van der Waals surface area contributed by atoms with E-state index in [0.29, 0.717) is 10.9 Å². The zero-order valence-corrected chi connectivity index (χ0v) is 17.6. The van der Waals surface area contributed by atoms with E-state index in [-0.39, 0.29) is 35.9 Å². The van der Waals surface area contributed by atoms with Crippen LogP contribution in [0.1, 0.15) is 33.5 Å². The predicted molar refractivity (Wildman–Crippen MR) is 110 cm³/mol. The first-order valence-electron chi connectivity index (χ1n) is 9.36. The van der Waals surface area contributed by atoms with Gasteiger partial charge in [0, 0.05) is 28.4 Å². The van der Waals surface area contributed by atoms with E-state index >= 15 is 0 Å². The highest BCUT2D eigenvalue weighted by Crippen LogP contribution is 2.30. The number of nitrogens with one attached hydrogen (secondary N) is 2. The molecular weight excluding hydrogens is 450 g/mol. The molecule has 1 unspecified atom stereocenters. The monoisotopic (exact) mass is 469 g/mol. The average molecular weight is 469 g/mol. The molecule has 2 amide bonds. The zero-order chi connectivity index (χ0) is 23.5. The molecule has 0 aliphatic rings. The summed E-state index contributed by atoms with van der Waals surface area (Å²) in [4.78, 5) is 24.9. The lowest BCUT2D eigenvalue weighted by molar-refractivity contribution is -0.141. The number of thiophene rings is 1. The van der Waals surface area contributed by atoms with Crippen molar-refractivity contribution < 1.29 is 27.2 Å². The Kier molecular flexibility index (Phi) is 6.94. The number of nitrogens with zero attached hydrogens (tertiary/aromatic N) is 2. The Labute approximate surface area is 184 Å². The van der Waals surface area contributed by atoms with Gasteiger partial charge in [0.25, 0.3) is 5.91 Å². The van der Waals surface area contributed by atoms with Crippen molar-refractivity contribution in [3.63, 3.8) is 0 Å². The van der Waals surface area contributed by atoms with Gasteiger partial charge in [-0.1, -0.05) is 18.2 Å². The second kappa shape index (κ2) is 9.49. The minimum absolute atomic E-state index is 0.118. The van der Waals surface area contributed by atoms with Gasteiger partial charge in [-0.25, -0.2) is 9.07 Å². The third-order valence-electron chi connectivity index (χ3n) is 4.36. The second-order valence-corrected chi connectivity index (χ2v) is 7.87. The number of carbonyl (C=O) groups is 2. The first-order valence-corrected chi connectivity index (χ1v) is 10.2. The topological polar surface area (TPSA) is 102 Å². The maximum absolute atomic E-state index is 13.8. The van der Waals surface area contributed by atoms with Gasteiger partial charge in [-0.05, 0) is 19.1 Å². The third-order valence-corrected chi connectivity index (χ3v) is 5.29. The van der Waals surface area contributed by atoms with Gasteiger partial charge in [0.1, 0.15) is 11.5 Å². The van der Waals surface area contributed by atoms with Gasteiger partial charge in [-0.15, -0.1) is 11.3 Å². The standard InChI is InChI=1S/C20H19F4N5O2S/c1-11(25)18(30)27-9-14-6-13(10-32-14)29-16(7-17(28-29)20(22,23)24)19(31)26-8-12-4-2-3-5-15(12)21/h2-7,10-11H,8-9,25H2,1H3,(H,26,31)(H,27,30). The quantitative estimate of drug-likeness (QED) is 0.463. The Hall–Kier alpha value is -3.25. The van der Waals surface area contributed by atoms with Gasteiger partial charge in [-0.3, -0.25) is 9.59 Å². The summed E-state index contributed by atoms with van der Waals surface area (Å²) in [5, 5.41) is 10.1. The van der Waals surface area contributed by atoms with Crippen LogP contribution in [-0.2, 0) is 24.1 Å². The summed E-state index contributed by atoms with van der Waals surface area (Å²) in [5.74, 6) is -1.78. The van der Waals surface area contributed by atoms with E-state index in [1.54, 1.807) is 6.07 Å². The summed E-state index contributed by atoms with van der Waals surface area (Å²) in [5.41, 5.74) is 4.27. The molecule has 0 fully saturated rings. The molecule has 0 spiro atoms. The number of halogens is 4. The molecule has 0 radical (unpaired) electrons. The molecule has 0 aliphatic heterocycles. The fourth-order valence-electron chi connectivity index (χ4n) is 2.69. The Bertz CT molecular complexity index is 1120. The Morgan fingerprint density at radius 1 is 1.19 bits per heavy atom. The van der Waals surface area contributed by atoms with E-state index in [1.807, 2.05) is 0 Å². The van der Waals surface area contributed by atoms with Crippen LogP contribution in [0.25, 0.3) is 5.69 Å². The van der Waals surface area contributed by atoms with Crippen LogP contribution in [0, 0.1) is 5.82 Å². The fourth-order valence-corrected chi connectivity index (χ4v) is 3.48. The van der Waals surface area contributed by atoms with E-state index in [4.69, 9.17) is 5.73 Å². The lowest BCUT2D eigenvalue weighted by atomic mass is 10.2. The van der Waals surface area contributed by atoms with E-state index in [1.165, 1.54) is 47.9 Å². The zero-order valence-electron chi connectivity index (χ0n) is 16.7. The van der Waals surface area contributed by atoms with Crippen molar-refractivity contribution in [1.82, 2.24) is 20.4 Å². The molecule has 0 bridgehead atoms. The van der Waals surface area contributed by atoms with E-state index in [2.05, 4.69) is 15.7 Å². The van der Waals surface area contributed by atoms with Gasteiger partial charge in [0.15, 0.2) is 5.69 Å². The summed E-state index contributed by atoms with van der Waals surface area (Å²) >= 11 is 1.17. The molecular formula is C20H19F4N5O2S. The smallest absolute Gasteiger partial charge is 0.350 e. The maximum Gasteiger partial charge on any atom is 0.435 e. The molecule has 12 heteroatoms. The number of benzene rings is 1. The lowest BCUT2D eigenvalue weighted by Crippen LogP contribution is -2.37. The van der Waals surface area contributed by atoms with Crippen molar-refractivity contribution in [3.05, 3.63) is 69.4 Å². The van der Waals surface area contributed by atoms with Crippen molar-refractivity contribution in [3.8, 4) is 5.69 Å². The van der Waals surface area contributed by atoms with Crippen LogP contribution in [0.5, 0.6) is 0 Å². The minimum atomic E-state index is -4.77. The van der Waals surface area contributed by atoms with E-state index < -0.39 is 29.6 Å². The Balaban J connectivity index is 1.84. The maximum atomic E-state index is 13.8. The van der Waals surface area contributed by atoms with Crippen molar-refractivity contribution >= 4 is 23.2 Å². The molecule has 1 atom stereocenters. The first-order chi connectivity index (χ1) is 15.1. The first kappa shape index (κ1) is 23.4. The molecule has 2 heterocycles. The van der Waals surface area contributed by atoms with Crippen molar-refractivity contribution in [2.75, 3.05) is 0 Å². The van der Waals surface area contributed by atoms with Crippen LogP contribution >= 0.6 is 11.3 Å². The molecule has 170 valence electrons. The van der Waals surface area contributed by atoms with Crippen LogP contribution < -0.4 is 16.4 Å². The van der Waals surface area contributed by atoms with E-state index in [0.717, 1.165) is 4.68 Å². The van der Waals surface area contributed by atoms with Crippen LogP contribution in [0.15, 0.2) is 41.8 Å². The number of carbonyl (C=O) groups excluding carboxylic acids is 2. The highest BCUT2D eigenvalue weighted by Gasteiger charge is 2.36. The number of amides is 2. The van der Waals surface area contributed by atoms with Crippen LogP contribution in [0.3, 0.4) is 0 Å². The SMILES string of the molecule is CC(N)C(=O)NCc1cc(-n2nc(C(F)(F)F)cc2C(=O)NCc2ccccc2F)cs1. The number of alkyl halides is 3. The third kappa shape index (κ3) is 5.51. The average Bonchev–Trinajstić information content (AvgIpc) is 3.38. The highest BCUT2D eigenvalue weighted by molar-refractivity contribution is 7.10. The molecule has 0 saturated heterocycles. The summed E-state index contributed by atoms with van der Waals surface area (Å²) in [6.45, 7) is 1.42. The Morgan fingerprint density at radius 3 is 2.56 bits per heavy atom. The number of rotatable bonds is 7. The number of hydrogen-bond acceptors (Lipinski definition) is 5. The molecule has 4 N–H and O–H groups in total. The van der Waals surface area contributed by atoms with Crippen LogP contribution in [0.4, 0.5) is 17.6 Å².